The van der Waals surface area contributed by atoms with Gasteiger partial charge in [-0.05, 0) is 50.4 Å². The Bertz CT molecular complexity index is 694. The zero-order valence-corrected chi connectivity index (χ0v) is 14.4. The SMILES string of the molecule is Cc1cnc(Cl)nc1-c1ccc(CNC(=O)OC(C)(C)C)cc1. The van der Waals surface area contributed by atoms with Crippen LogP contribution in [-0.2, 0) is 11.3 Å². The number of hydrogen-bond donors (Lipinski definition) is 1. The summed E-state index contributed by atoms with van der Waals surface area (Å²) in [7, 11) is 0. The first-order valence-corrected chi connectivity index (χ1v) is 7.68. The number of carbonyl (C=O) groups excluding carboxylic acids is 1. The molecule has 1 heterocycles. The van der Waals surface area contributed by atoms with Crippen LogP contribution in [0, 0.1) is 6.92 Å². The molecule has 1 amide bonds. The van der Waals surface area contributed by atoms with E-state index in [1.807, 2.05) is 52.0 Å². The molecule has 5 nitrogen and oxygen atoms in total. The van der Waals surface area contributed by atoms with Crippen molar-refractivity contribution in [2.24, 2.45) is 0 Å². The number of nitrogens with one attached hydrogen (secondary N) is 1. The molecule has 0 aliphatic carbocycles. The highest BCUT2D eigenvalue weighted by molar-refractivity contribution is 6.28. The largest absolute Gasteiger partial charge is 0.444 e. The molecule has 6 heteroatoms. The Balaban J connectivity index is 2.03. The molecule has 0 unspecified atom stereocenters. The summed E-state index contributed by atoms with van der Waals surface area (Å²) in [4.78, 5) is 19.8. The highest BCUT2D eigenvalue weighted by atomic mass is 35.5. The van der Waals surface area contributed by atoms with E-state index in [4.69, 9.17) is 16.3 Å². The van der Waals surface area contributed by atoms with Crippen molar-refractivity contribution >= 4 is 17.7 Å². The van der Waals surface area contributed by atoms with Crippen molar-refractivity contribution in [3.63, 3.8) is 0 Å². The van der Waals surface area contributed by atoms with Gasteiger partial charge in [0.25, 0.3) is 0 Å². The number of rotatable bonds is 3. The van der Waals surface area contributed by atoms with Gasteiger partial charge in [0.2, 0.25) is 5.28 Å². The predicted molar refractivity (Wildman–Crippen MR) is 90.3 cm³/mol. The molecule has 1 aromatic carbocycles. The normalized spacial score (nSPS) is 11.2. The third kappa shape index (κ3) is 5.21. The molecular formula is C17H20ClN3O2. The quantitative estimate of drug-likeness (QED) is 0.858. The van der Waals surface area contributed by atoms with E-state index in [1.54, 1.807) is 6.20 Å². The van der Waals surface area contributed by atoms with E-state index in [-0.39, 0.29) is 5.28 Å². The van der Waals surface area contributed by atoms with Crippen LogP contribution in [0.1, 0.15) is 31.9 Å². The van der Waals surface area contributed by atoms with E-state index in [1.165, 1.54) is 0 Å². The van der Waals surface area contributed by atoms with Crippen molar-refractivity contribution in [2.75, 3.05) is 0 Å². The molecule has 23 heavy (non-hydrogen) atoms. The molecule has 0 saturated heterocycles. The maximum Gasteiger partial charge on any atom is 0.407 e. The van der Waals surface area contributed by atoms with Crippen LogP contribution in [0.3, 0.4) is 0 Å². The first kappa shape index (κ1) is 17.2. The lowest BCUT2D eigenvalue weighted by molar-refractivity contribution is 0.0523. The molecule has 0 bridgehead atoms. The minimum atomic E-state index is -0.502. The smallest absolute Gasteiger partial charge is 0.407 e. The van der Waals surface area contributed by atoms with Crippen molar-refractivity contribution < 1.29 is 9.53 Å². The van der Waals surface area contributed by atoms with Gasteiger partial charge in [-0.25, -0.2) is 14.8 Å². The summed E-state index contributed by atoms with van der Waals surface area (Å²) in [6.45, 7) is 7.83. The fourth-order valence-electron chi connectivity index (χ4n) is 1.98. The van der Waals surface area contributed by atoms with E-state index in [9.17, 15) is 4.79 Å². The number of amides is 1. The molecule has 0 fully saturated rings. The fraction of sp³-hybridized carbons (Fsp3) is 0.353. The average Bonchev–Trinajstić information content (AvgIpc) is 2.46. The molecule has 2 rings (SSSR count). The number of aromatic nitrogens is 2. The maximum atomic E-state index is 11.6. The van der Waals surface area contributed by atoms with Gasteiger partial charge in [-0.1, -0.05) is 24.3 Å². The second-order valence-corrected chi connectivity index (χ2v) is 6.56. The monoisotopic (exact) mass is 333 g/mol. The van der Waals surface area contributed by atoms with E-state index < -0.39 is 11.7 Å². The van der Waals surface area contributed by atoms with Crippen molar-refractivity contribution in [3.8, 4) is 11.3 Å². The molecule has 0 aliphatic rings. The third-order valence-corrected chi connectivity index (χ3v) is 3.19. The second-order valence-electron chi connectivity index (χ2n) is 6.22. The summed E-state index contributed by atoms with van der Waals surface area (Å²) in [6, 6.07) is 7.75. The molecule has 0 aliphatic heterocycles. The molecule has 2 aromatic rings. The summed E-state index contributed by atoms with van der Waals surface area (Å²) < 4.78 is 5.20. The van der Waals surface area contributed by atoms with E-state index in [2.05, 4.69) is 15.3 Å². The Morgan fingerprint density at radius 2 is 1.91 bits per heavy atom. The van der Waals surface area contributed by atoms with Crippen molar-refractivity contribution in [1.29, 1.82) is 0 Å². The number of carbonyl (C=O) groups is 1. The number of hydrogen-bond acceptors (Lipinski definition) is 4. The number of aryl methyl sites for hydroxylation is 1. The van der Waals surface area contributed by atoms with Gasteiger partial charge in [-0.2, -0.15) is 0 Å². The summed E-state index contributed by atoms with van der Waals surface area (Å²) in [5.41, 5.74) is 3.17. The molecule has 1 N–H and O–H groups in total. The minimum absolute atomic E-state index is 0.223. The van der Waals surface area contributed by atoms with Crippen molar-refractivity contribution in [3.05, 3.63) is 46.9 Å². The summed E-state index contributed by atoms with van der Waals surface area (Å²) in [5.74, 6) is 0. The molecule has 0 atom stereocenters. The maximum absolute atomic E-state index is 11.6. The third-order valence-electron chi connectivity index (χ3n) is 3.01. The van der Waals surface area contributed by atoms with Gasteiger partial charge in [0.15, 0.2) is 0 Å². The lowest BCUT2D eigenvalue weighted by Gasteiger charge is -2.19. The zero-order valence-electron chi connectivity index (χ0n) is 13.7. The van der Waals surface area contributed by atoms with Crippen molar-refractivity contribution in [1.82, 2.24) is 15.3 Å². The van der Waals surface area contributed by atoms with E-state index >= 15 is 0 Å². The predicted octanol–water partition coefficient (Wildman–Crippen LogP) is 4.13. The second kappa shape index (κ2) is 6.96. The Labute approximate surface area is 141 Å². The van der Waals surface area contributed by atoms with Gasteiger partial charge < -0.3 is 10.1 Å². The van der Waals surface area contributed by atoms with Crippen LogP contribution in [-0.4, -0.2) is 21.7 Å². The number of nitrogens with zero attached hydrogens (tertiary/aromatic N) is 2. The average molecular weight is 334 g/mol. The number of halogens is 1. The molecular weight excluding hydrogens is 314 g/mol. The summed E-state index contributed by atoms with van der Waals surface area (Å²) in [6.07, 6.45) is 1.27. The standard InChI is InChI=1S/C17H20ClN3O2/c1-11-9-19-15(18)21-14(11)13-7-5-12(6-8-13)10-20-16(22)23-17(2,3)4/h5-9H,10H2,1-4H3,(H,20,22). The number of ether oxygens (including phenoxy) is 1. The molecule has 0 spiro atoms. The van der Waals surface area contributed by atoms with Crippen LogP contribution in [0.5, 0.6) is 0 Å². The minimum Gasteiger partial charge on any atom is -0.444 e. The lowest BCUT2D eigenvalue weighted by Crippen LogP contribution is -2.32. The first-order chi connectivity index (χ1) is 10.7. The molecule has 122 valence electrons. The topological polar surface area (TPSA) is 64.1 Å². The van der Waals surface area contributed by atoms with E-state index in [0.717, 1.165) is 22.4 Å². The summed E-state index contributed by atoms with van der Waals surface area (Å²) >= 11 is 5.85. The van der Waals surface area contributed by atoms with Crippen LogP contribution in [0.4, 0.5) is 4.79 Å². The zero-order chi connectivity index (χ0) is 17.0. The van der Waals surface area contributed by atoms with Gasteiger partial charge in [-0.15, -0.1) is 0 Å². The Morgan fingerprint density at radius 1 is 1.26 bits per heavy atom. The van der Waals surface area contributed by atoms with Gasteiger partial charge in [0, 0.05) is 18.3 Å². The van der Waals surface area contributed by atoms with Gasteiger partial charge in [0.1, 0.15) is 5.60 Å². The Morgan fingerprint density at radius 3 is 2.52 bits per heavy atom. The van der Waals surface area contributed by atoms with Gasteiger partial charge in [0.05, 0.1) is 5.69 Å². The first-order valence-electron chi connectivity index (χ1n) is 7.30. The number of benzene rings is 1. The lowest BCUT2D eigenvalue weighted by atomic mass is 10.1. The molecule has 0 saturated carbocycles. The highest BCUT2D eigenvalue weighted by Crippen LogP contribution is 2.22. The Kier molecular flexibility index (Phi) is 5.21. The van der Waals surface area contributed by atoms with E-state index in [0.29, 0.717) is 6.54 Å². The molecule has 1 aromatic heterocycles. The van der Waals surface area contributed by atoms with Crippen LogP contribution < -0.4 is 5.32 Å². The van der Waals surface area contributed by atoms with Crippen LogP contribution in [0.2, 0.25) is 5.28 Å². The van der Waals surface area contributed by atoms with Crippen LogP contribution in [0.15, 0.2) is 30.5 Å². The van der Waals surface area contributed by atoms with Crippen molar-refractivity contribution in [2.45, 2.75) is 39.8 Å². The van der Waals surface area contributed by atoms with Crippen LogP contribution in [0.25, 0.3) is 11.3 Å². The van der Waals surface area contributed by atoms with Gasteiger partial charge >= 0.3 is 6.09 Å². The fourth-order valence-corrected chi connectivity index (χ4v) is 2.11. The number of alkyl carbamates (subject to hydrolysis) is 1. The Hall–Kier alpha value is -2.14. The van der Waals surface area contributed by atoms with Gasteiger partial charge in [-0.3, -0.25) is 0 Å². The highest BCUT2D eigenvalue weighted by Gasteiger charge is 2.15. The molecule has 0 radical (unpaired) electrons. The van der Waals surface area contributed by atoms with Crippen LogP contribution >= 0.6 is 11.6 Å². The summed E-state index contributed by atoms with van der Waals surface area (Å²) in [5, 5.41) is 2.95.